The fraction of sp³-hybridized carbons (Fsp3) is 0.853. The summed E-state index contributed by atoms with van der Waals surface area (Å²) in [6.07, 6.45) is 10.0. The van der Waals surface area contributed by atoms with Gasteiger partial charge in [-0.3, -0.25) is 14.4 Å². The van der Waals surface area contributed by atoms with E-state index in [-0.39, 0.29) is 52.1 Å². The molecule has 0 bridgehead atoms. The van der Waals surface area contributed by atoms with Crippen LogP contribution in [0.2, 0.25) is 0 Å². The van der Waals surface area contributed by atoms with E-state index in [1.165, 1.54) is 26.7 Å². The zero-order valence-corrected chi connectivity index (χ0v) is 26.4. The Bertz CT molecular complexity index is 1110. The molecular weight excluding hydrogens is 504 g/mol. The lowest BCUT2D eigenvalue weighted by atomic mass is 9.33. The lowest BCUT2D eigenvalue weighted by Gasteiger charge is -2.70. The van der Waals surface area contributed by atoms with Crippen molar-refractivity contribution in [3.63, 3.8) is 0 Å². The Morgan fingerprint density at radius 2 is 1.50 bits per heavy atom. The number of carbonyl (C=O) groups is 3. The summed E-state index contributed by atoms with van der Waals surface area (Å²) in [5.74, 6) is 0.962. The molecule has 6 nitrogen and oxygen atoms in total. The number of ether oxygens (including phenoxy) is 3. The average Bonchev–Trinajstić information content (AvgIpc) is 2.90. The fourth-order valence-corrected chi connectivity index (χ4v) is 11.7. The summed E-state index contributed by atoms with van der Waals surface area (Å²) in [7, 11) is 3.05. The first kappa shape index (κ1) is 29.6. The fourth-order valence-electron chi connectivity index (χ4n) is 11.7. The van der Waals surface area contributed by atoms with E-state index in [0.29, 0.717) is 30.6 Å². The molecule has 5 aliphatic rings. The first-order chi connectivity index (χ1) is 18.7. The molecule has 10 atom stereocenters. The Morgan fingerprint density at radius 3 is 2.12 bits per heavy atom. The minimum Gasteiger partial charge on any atom is -0.469 e. The molecule has 0 spiro atoms. The van der Waals surface area contributed by atoms with Gasteiger partial charge in [0.15, 0.2) is 0 Å². The van der Waals surface area contributed by atoms with Crippen LogP contribution in [-0.4, -0.2) is 38.2 Å². The molecule has 0 aliphatic heterocycles. The van der Waals surface area contributed by atoms with E-state index in [1.54, 1.807) is 0 Å². The maximum Gasteiger partial charge on any atom is 0.316 e. The Balaban J connectivity index is 1.65. The van der Waals surface area contributed by atoms with E-state index >= 15 is 0 Å². The van der Waals surface area contributed by atoms with Crippen LogP contribution in [0.5, 0.6) is 0 Å². The predicted octanol–water partition coefficient (Wildman–Crippen LogP) is 6.90. The largest absolute Gasteiger partial charge is 0.469 e. The van der Waals surface area contributed by atoms with Crippen LogP contribution in [0.4, 0.5) is 0 Å². The third-order valence-corrected chi connectivity index (χ3v) is 13.8. The quantitative estimate of drug-likeness (QED) is 0.214. The molecule has 5 rings (SSSR count). The van der Waals surface area contributed by atoms with Crippen LogP contribution in [0.1, 0.15) is 106 Å². The van der Waals surface area contributed by atoms with Gasteiger partial charge in [-0.25, -0.2) is 0 Å². The van der Waals surface area contributed by atoms with E-state index in [0.717, 1.165) is 44.9 Å². The van der Waals surface area contributed by atoms with Crippen LogP contribution >= 0.6 is 0 Å². The molecule has 224 valence electrons. The number of allylic oxidation sites excluding steroid dienone is 1. The maximum atomic E-state index is 14.3. The average molecular weight is 557 g/mol. The van der Waals surface area contributed by atoms with Crippen molar-refractivity contribution < 1.29 is 28.6 Å². The molecule has 0 N–H and O–H groups in total. The van der Waals surface area contributed by atoms with Gasteiger partial charge in [-0.05, 0) is 98.2 Å². The molecule has 40 heavy (non-hydrogen) atoms. The second-order valence-electron chi connectivity index (χ2n) is 15.3. The van der Waals surface area contributed by atoms with Crippen molar-refractivity contribution in [3.8, 4) is 0 Å². The normalized spacial score (nSPS) is 47.3. The van der Waals surface area contributed by atoms with Gasteiger partial charge in [0, 0.05) is 12.3 Å². The van der Waals surface area contributed by atoms with Gasteiger partial charge in [-0.2, -0.15) is 0 Å². The number of fused-ring (bicyclic) bond motifs is 7. The topological polar surface area (TPSA) is 78.9 Å². The third kappa shape index (κ3) is 3.62. The highest BCUT2D eigenvalue weighted by atomic mass is 16.5. The van der Waals surface area contributed by atoms with Crippen LogP contribution in [0.15, 0.2) is 11.6 Å². The van der Waals surface area contributed by atoms with Crippen LogP contribution < -0.4 is 0 Å². The van der Waals surface area contributed by atoms with E-state index in [9.17, 15) is 14.4 Å². The zero-order chi connectivity index (χ0) is 29.5. The Morgan fingerprint density at radius 1 is 0.825 bits per heavy atom. The first-order valence-electron chi connectivity index (χ1n) is 15.7. The summed E-state index contributed by atoms with van der Waals surface area (Å²) >= 11 is 0. The molecule has 0 saturated heterocycles. The number of hydrogen-bond donors (Lipinski definition) is 0. The van der Waals surface area contributed by atoms with E-state index in [1.807, 2.05) is 0 Å². The van der Waals surface area contributed by atoms with Gasteiger partial charge in [0.25, 0.3) is 0 Å². The predicted molar refractivity (Wildman–Crippen MR) is 153 cm³/mol. The van der Waals surface area contributed by atoms with Crippen LogP contribution in [0, 0.1) is 56.7 Å². The molecule has 0 aromatic carbocycles. The molecular formula is C34H52O6. The van der Waals surface area contributed by atoms with Gasteiger partial charge >= 0.3 is 17.9 Å². The molecule has 0 aromatic rings. The SMILES string of the molecule is COC(=O)[C@]12CC[C@@H](C)[C@@H](C)[C@H]1C1=CC[C@H]3[C@@]4(C)CC[C@H](OC(C)=O)C(C)(C)[C@@H]4CC[C@]3(C)[C@]1(C(=O)OC)CC2. The second kappa shape index (κ2) is 9.59. The highest BCUT2D eigenvalue weighted by molar-refractivity contribution is 5.86. The van der Waals surface area contributed by atoms with Gasteiger partial charge in [-0.1, -0.05) is 53.2 Å². The number of rotatable bonds is 3. The van der Waals surface area contributed by atoms with E-state index < -0.39 is 10.8 Å². The molecule has 0 heterocycles. The van der Waals surface area contributed by atoms with E-state index in [4.69, 9.17) is 14.2 Å². The van der Waals surface area contributed by atoms with Gasteiger partial charge in [-0.15, -0.1) is 0 Å². The van der Waals surface area contributed by atoms with Crippen molar-refractivity contribution in [1.29, 1.82) is 0 Å². The van der Waals surface area contributed by atoms with Crippen molar-refractivity contribution in [1.82, 2.24) is 0 Å². The van der Waals surface area contributed by atoms with Gasteiger partial charge in [0.2, 0.25) is 0 Å². The van der Waals surface area contributed by atoms with Crippen molar-refractivity contribution in [2.75, 3.05) is 14.2 Å². The molecule has 0 amide bonds. The van der Waals surface area contributed by atoms with Gasteiger partial charge in [0.1, 0.15) is 6.10 Å². The lowest BCUT2D eigenvalue weighted by molar-refractivity contribution is -0.222. The first-order valence-corrected chi connectivity index (χ1v) is 15.7. The van der Waals surface area contributed by atoms with Crippen molar-refractivity contribution >= 4 is 17.9 Å². The number of hydrogen-bond acceptors (Lipinski definition) is 6. The molecule has 0 radical (unpaired) electrons. The van der Waals surface area contributed by atoms with Crippen LogP contribution in [-0.2, 0) is 28.6 Å². The molecule has 5 aliphatic carbocycles. The third-order valence-electron chi connectivity index (χ3n) is 13.8. The highest BCUT2D eigenvalue weighted by Crippen LogP contribution is 2.76. The smallest absolute Gasteiger partial charge is 0.316 e. The molecule has 6 heteroatoms. The summed E-state index contributed by atoms with van der Waals surface area (Å²) < 4.78 is 17.1. The summed E-state index contributed by atoms with van der Waals surface area (Å²) in [6, 6.07) is 0. The highest BCUT2D eigenvalue weighted by Gasteiger charge is 2.73. The summed E-state index contributed by atoms with van der Waals surface area (Å²) in [5.41, 5.74) is -0.589. The second-order valence-corrected chi connectivity index (χ2v) is 15.3. The Hall–Kier alpha value is -1.85. The molecule has 0 unspecified atom stereocenters. The number of esters is 3. The minimum atomic E-state index is -0.747. The Kier molecular flexibility index (Phi) is 7.11. The molecule has 4 fully saturated rings. The lowest BCUT2D eigenvalue weighted by Crippen LogP contribution is -2.68. The van der Waals surface area contributed by atoms with Crippen molar-refractivity contribution in [2.24, 2.45) is 56.7 Å². The zero-order valence-electron chi connectivity index (χ0n) is 26.4. The van der Waals surface area contributed by atoms with Gasteiger partial charge in [0.05, 0.1) is 25.0 Å². The summed E-state index contributed by atoms with van der Waals surface area (Å²) in [5, 5.41) is 0. The van der Waals surface area contributed by atoms with Crippen molar-refractivity contribution in [3.05, 3.63) is 11.6 Å². The van der Waals surface area contributed by atoms with Crippen LogP contribution in [0.3, 0.4) is 0 Å². The molecule has 4 saturated carbocycles. The van der Waals surface area contributed by atoms with E-state index in [2.05, 4.69) is 47.6 Å². The standard InChI is InChI=1S/C34H52O6/c1-20-12-17-33(28(36)38-8)18-19-34(29(37)39-9)23(27(33)21(20)2)10-11-25-31(6)15-14-26(40-22(3)35)30(4,5)24(31)13-16-32(25,34)7/h10,20-21,24-27H,11-19H2,1-9H3/t20-,21-,24+,25+,26+,27+,31+,32+,33+,34-/m1/s1. The number of carbonyl (C=O) groups excluding carboxylic acids is 3. The minimum absolute atomic E-state index is 0.00143. The van der Waals surface area contributed by atoms with Crippen molar-refractivity contribution in [2.45, 2.75) is 112 Å². The molecule has 0 aromatic heterocycles. The maximum absolute atomic E-state index is 14.3. The monoisotopic (exact) mass is 556 g/mol. The Labute approximate surface area is 241 Å². The van der Waals surface area contributed by atoms with Gasteiger partial charge < -0.3 is 14.2 Å². The number of methoxy groups -OCH3 is 2. The summed E-state index contributed by atoms with van der Waals surface area (Å²) in [6.45, 7) is 15.5. The van der Waals surface area contributed by atoms with Crippen LogP contribution in [0.25, 0.3) is 0 Å². The summed E-state index contributed by atoms with van der Waals surface area (Å²) in [4.78, 5) is 39.9.